The Morgan fingerprint density at radius 1 is 1.11 bits per heavy atom. The third-order valence-corrected chi connectivity index (χ3v) is 6.43. The number of Topliss-reactive ketones (excluding diaryl/α,β-unsaturated/α-hetero) is 1. The molecule has 0 spiro atoms. The summed E-state index contributed by atoms with van der Waals surface area (Å²) in [6, 6.07) is 18.3. The van der Waals surface area contributed by atoms with E-state index in [4.69, 9.17) is 25.5 Å². The number of ketones is 1. The molecule has 1 amide bonds. The maximum absolute atomic E-state index is 13.9. The van der Waals surface area contributed by atoms with Gasteiger partial charge in [-0.15, -0.1) is 0 Å². The summed E-state index contributed by atoms with van der Waals surface area (Å²) in [5.74, 6) is -1.06. The highest BCUT2D eigenvalue weighted by molar-refractivity contribution is 6.31. The van der Waals surface area contributed by atoms with Gasteiger partial charge < -0.3 is 19.0 Å². The molecule has 4 aromatic rings. The highest BCUT2D eigenvalue weighted by Gasteiger charge is 2.45. The number of anilines is 1. The Kier molecular flexibility index (Phi) is 6.39. The lowest BCUT2D eigenvalue weighted by Gasteiger charge is -2.27. The van der Waals surface area contributed by atoms with Crippen LogP contribution in [0.3, 0.4) is 0 Å². The van der Waals surface area contributed by atoms with Gasteiger partial charge in [0.2, 0.25) is 5.78 Å². The summed E-state index contributed by atoms with van der Waals surface area (Å²) in [6.45, 7) is 4.23. The fourth-order valence-electron chi connectivity index (χ4n) is 4.63. The highest BCUT2D eigenvalue weighted by atomic mass is 35.5. The number of aliphatic hydroxyl groups excluding tert-OH is 1. The number of carbonyl (C=O) groups is 2. The molecule has 0 radical (unpaired) electrons. The van der Waals surface area contributed by atoms with Gasteiger partial charge in [0, 0.05) is 28.2 Å². The molecular weight excluding hydrogens is 494 g/mol. The summed E-state index contributed by atoms with van der Waals surface area (Å²) < 4.78 is 16.8. The fraction of sp³-hybridized carbons (Fsp3) is 0.172. The van der Waals surface area contributed by atoms with Crippen molar-refractivity contribution < 1.29 is 28.6 Å². The number of halogens is 1. The number of hydrogen-bond donors (Lipinski definition) is 1. The van der Waals surface area contributed by atoms with Crippen LogP contribution in [0.2, 0.25) is 5.02 Å². The highest BCUT2D eigenvalue weighted by Crippen LogP contribution is 2.43. The van der Waals surface area contributed by atoms with E-state index in [1.807, 2.05) is 38.1 Å². The number of amides is 1. The van der Waals surface area contributed by atoms with Crippen LogP contribution in [0, 0.1) is 6.92 Å². The molecule has 0 saturated heterocycles. The van der Waals surface area contributed by atoms with Gasteiger partial charge in [-0.2, -0.15) is 0 Å². The SMILES string of the molecule is CCOc1cccc(N2C(=O)C(O)=C(C(=O)c3cc4cc(Cl)cc(OC)c4o3)C2c2cccc(C)c2)c1. The first-order valence-corrected chi connectivity index (χ1v) is 12.1. The largest absolute Gasteiger partial charge is 0.503 e. The van der Waals surface area contributed by atoms with E-state index in [-0.39, 0.29) is 11.3 Å². The second-order valence-electron chi connectivity index (χ2n) is 8.65. The van der Waals surface area contributed by atoms with E-state index in [0.29, 0.717) is 45.3 Å². The lowest BCUT2D eigenvalue weighted by molar-refractivity contribution is -0.117. The van der Waals surface area contributed by atoms with Gasteiger partial charge in [-0.05, 0) is 43.7 Å². The molecule has 1 aliphatic heterocycles. The van der Waals surface area contributed by atoms with Crippen LogP contribution < -0.4 is 14.4 Å². The maximum atomic E-state index is 13.9. The van der Waals surface area contributed by atoms with Crippen LogP contribution in [0.4, 0.5) is 5.69 Å². The Morgan fingerprint density at radius 3 is 2.62 bits per heavy atom. The van der Waals surface area contributed by atoms with Crippen molar-refractivity contribution in [3.05, 3.63) is 100.0 Å². The lowest BCUT2D eigenvalue weighted by Crippen LogP contribution is -2.31. The van der Waals surface area contributed by atoms with E-state index in [1.165, 1.54) is 18.1 Å². The van der Waals surface area contributed by atoms with Gasteiger partial charge in [0.1, 0.15) is 5.75 Å². The average molecular weight is 518 g/mol. The molecule has 0 aliphatic carbocycles. The molecule has 0 fully saturated rings. The average Bonchev–Trinajstić information content (AvgIpc) is 3.42. The zero-order valence-electron chi connectivity index (χ0n) is 20.4. The number of aryl methyl sites for hydroxylation is 1. The quantitative estimate of drug-likeness (QED) is 0.278. The topological polar surface area (TPSA) is 89.2 Å². The molecule has 1 aliphatic rings. The molecule has 1 N–H and O–H groups in total. The third-order valence-electron chi connectivity index (χ3n) is 6.21. The number of carbonyl (C=O) groups excluding carboxylic acids is 2. The van der Waals surface area contributed by atoms with Crippen LogP contribution in [0.1, 0.15) is 34.6 Å². The molecule has 1 aromatic heterocycles. The fourth-order valence-corrected chi connectivity index (χ4v) is 4.85. The van der Waals surface area contributed by atoms with Crippen LogP contribution in [0.15, 0.2) is 82.5 Å². The van der Waals surface area contributed by atoms with Crippen LogP contribution in [0.25, 0.3) is 11.0 Å². The minimum Gasteiger partial charge on any atom is -0.503 e. The van der Waals surface area contributed by atoms with Gasteiger partial charge in [-0.1, -0.05) is 47.5 Å². The van der Waals surface area contributed by atoms with E-state index >= 15 is 0 Å². The molecule has 1 unspecified atom stereocenters. The standard InChI is InChI=1S/C29H24ClNO6/c1-4-36-21-10-6-9-20(15-21)31-25(17-8-5-7-16(2)11-17)24(27(33)29(31)34)26(32)22-13-18-12-19(30)14-23(35-3)28(18)37-22/h5-15,25,33H,4H2,1-3H3. The number of rotatable bonds is 7. The number of aliphatic hydroxyl groups is 1. The van der Waals surface area contributed by atoms with Crippen molar-refractivity contribution in [2.45, 2.75) is 19.9 Å². The summed E-state index contributed by atoms with van der Waals surface area (Å²) in [5, 5.41) is 12.0. The molecule has 8 heteroatoms. The molecule has 0 bridgehead atoms. The number of nitrogens with zero attached hydrogens (tertiary/aromatic N) is 1. The van der Waals surface area contributed by atoms with Crippen molar-refractivity contribution in [3.63, 3.8) is 0 Å². The molecular formula is C29H24ClNO6. The number of benzene rings is 3. The Balaban J connectivity index is 1.66. The number of fused-ring (bicyclic) bond motifs is 1. The van der Waals surface area contributed by atoms with Crippen molar-refractivity contribution in [1.29, 1.82) is 0 Å². The molecule has 3 aromatic carbocycles. The van der Waals surface area contributed by atoms with Gasteiger partial charge >= 0.3 is 0 Å². The van der Waals surface area contributed by atoms with Gasteiger partial charge in [-0.25, -0.2) is 0 Å². The van der Waals surface area contributed by atoms with Crippen LogP contribution >= 0.6 is 11.6 Å². The zero-order valence-corrected chi connectivity index (χ0v) is 21.2. The minimum absolute atomic E-state index is 0.0486. The number of furan rings is 1. The predicted molar refractivity (Wildman–Crippen MR) is 141 cm³/mol. The van der Waals surface area contributed by atoms with Crippen LogP contribution in [0.5, 0.6) is 11.5 Å². The third kappa shape index (κ3) is 4.32. The van der Waals surface area contributed by atoms with Crippen LogP contribution in [-0.4, -0.2) is 30.5 Å². The molecule has 7 nitrogen and oxygen atoms in total. The van der Waals surface area contributed by atoms with Crippen molar-refractivity contribution in [3.8, 4) is 11.5 Å². The first kappa shape index (κ1) is 24.5. The molecule has 0 saturated carbocycles. The molecule has 2 heterocycles. The van der Waals surface area contributed by atoms with Crippen molar-refractivity contribution in [2.75, 3.05) is 18.6 Å². The molecule has 5 rings (SSSR count). The lowest BCUT2D eigenvalue weighted by atomic mass is 9.94. The van der Waals surface area contributed by atoms with Crippen LogP contribution in [-0.2, 0) is 4.79 Å². The normalized spacial score (nSPS) is 15.5. The van der Waals surface area contributed by atoms with Gasteiger partial charge in [0.25, 0.3) is 5.91 Å². The van der Waals surface area contributed by atoms with E-state index in [2.05, 4.69) is 0 Å². The Hall–Kier alpha value is -4.23. The van der Waals surface area contributed by atoms with E-state index < -0.39 is 23.5 Å². The Bertz CT molecular complexity index is 1570. The second-order valence-corrected chi connectivity index (χ2v) is 9.09. The smallest absolute Gasteiger partial charge is 0.294 e. The monoisotopic (exact) mass is 517 g/mol. The number of ether oxygens (including phenoxy) is 2. The summed E-state index contributed by atoms with van der Waals surface area (Å²) in [7, 11) is 1.47. The Labute approximate surface area is 218 Å². The molecule has 1 atom stereocenters. The maximum Gasteiger partial charge on any atom is 0.294 e. The first-order chi connectivity index (χ1) is 17.8. The van der Waals surface area contributed by atoms with Crippen molar-refractivity contribution >= 4 is 39.9 Å². The molecule has 37 heavy (non-hydrogen) atoms. The summed E-state index contributed by atoms with van der Waals surface area (Å²) in [6.07, 6.45) is 0. The minimum atomic E-state index is -0.893. The van der Waals surface area contributed by atoms with E-state index in [1.54, 1.807) is 36.4 Å². The summed E-state index contributed by atoms with van der Waals surface area (Å²) >= 11 is 6.18. The van der Waals surface area contributed by atoms with E-state index in [9.17, 15) is 14.7 Å². The Morgan fingerprint density at radius 2 is 1.89 bits per heavy atom. The summed E-state index contributed by atoms with van der Waals surface area (Å²) in [5.41, 5.74) is 2.35. The molecule has 188 valence electrons. The summed E-state index contributed by atoms with van der Waals surface area (Å²) in [4.78, 5) is 28.7. The van der Waals surface area contributed by atoms with Crippen molar-refractivity contribution in [1.82, 2.24) is 0 Å². The number of hydrogen-bond acceptors (Lipinski definition) is 6. The van der Waals surface area contributed by atoms with Gasteiger partial charge in [-0.3, -0.25) is 14.5 Å². The number of methoxy groups -OCH3 is 1. The van der Waals surface area contributed by atoms with Gasteiger partial charge in [0.15, 0.2) is 22.9 Å². The van der Waals surface area contributed by atoms with Gasteiger partial charge in [0.05, 0.1) is 25.3 Å². The van der Waals surface area contributed by atoms with E-state index in [0.717, 1.165) is 5.56 Å². The predicted octanol–water partition coefficient (Wildman–Crippen LogP) is 6.58. The second kappa shape index (κ2) is 9.67. The zero-order chi connectivity index (χ0) is 26.3. The van der Waals surface area contributed by atoms with Crippen molar-refractivity contribution in [2.24, 2.45) is 0 Å². The first-order valence-electron chi connectivity index (χ1n) is 11.7.